The lowest BCUT2D eigenvalue weighted by Crippen LogP contribution is -2.29. The number of carbonyl (C=O) groups excluding carboxylic acids is 1. The molecule has 6 nitrogen and oxygen atoms in total. The second kappa shape index (κ2) is 6.33. The third kappa shape index (κ3) is 4.36. The van der Waals surface area contributed by atoms with Crippen molar-refractivity contribution in [2.24, 2.45) is 0 Å². The van der Waals surface area contributed by atoms with E-state index in [1.54, 1.807) is 6.92 Å². The number of carboxylic acid groups (broad SMARTS) is 1. The van der Waals surface area contributed by atoms with Gasteiger partial charge in [0.1, 0.15) is 6.54 Å². The molecule has 1 amide bonds. The number of rotatable bonds is 6. The van der Waals surface area contributed by atoms with Crippen molar-refractivity contribution in [3.05, 3.63) is 29.8 Å². The lowest BCUT2D eigenvalue weighted by Gasteiger charge is -2.06. The van der Waals surface area contributed by atoms with Gasteiger partial charge < -0.3 is 10.4 Å². The number of hydrogen-bond donors (Lipinski definition) is 2. The minimum absolute atomic E-state index is 0.00714. The summed E-state index contributed by atoms with van der Waals surface area (Å²) in [6.07, 6.45) is 0.484. The number of nitrogens with one attached hydrogen (secondary N) is 1. The molecule has 0 bridgehead atoms. The molecule has 1 aromatic carbocycles. The molecule has 104 valence electrons. The molecule has 0 fully saturated rings. The van der Waals surface area contributed by atoms with Gasteiger partial charge >= 0.3 is 5.97 Å². The third-order valence-electron chi connectivity index (χ3n) is 2.33. The van der Waals surface area contributed by atoms with E-state index in [-0.39, 0.29) is 16.2 Å². The molecule has 0 heterocycles. The summed E-state index contributed by atoms with van der Waals surface area (Å²) in [5, 5.41) is 10.6. The number of benzene rings is 1. The van der Waals surface area contributed by atoms with Crippen LogP contribution < -0.4 is 5.32 Å². The lowest BCUT2D eigenvalue weighted by molar-refractivity contribution is -0.135. The van der Waals surface area contributed by atoms with Crippen LogP contribution in [0.25, 0.3) is 0 Å². The number of hydrogen-bond acceptors (Lipinski definition) is 4. The van der Waals surface area contributed by atoms with Gasteiger partial charge in [0, 0.05) is 5.56 Å². The summed E-state index contributed by atoms with van der Waals surface area (Å²) in [5.74, 6) is -1.77. The van der Waals surface area contributed by atoms with E-state index in [0.29, 0.717) is 6.42 Å². The van der Waals surface area contributed by atoms with Gasteiger partial charge in [-0.2, -0.15) is 0 Å². The second-order valence-corrected chi connectivity index (χ2v) is 6.03. The van der Waals surface area contributed by atoms with Crippen molar-refractivity contribution < 1.29 is 23.1 Å². The fourth-order valence-electron chi connectivity index (χ4n) is 1.48. The zero-order valence-electron chi connectivity index (χ0n) is 10.4. The van der Waals surface area contributed by atoms with Crippen LogP contribution in [0.3, 0.4) is 0 Å². The molecule has 7 heteroatoms. The SMILES string of the molecule is CCCS(=O)(=O)c1cccc(C(=O)NCC(=O)O)c1. The van der Waals surface area contributed by atoms with Crippen LogP contribution in [0.5, 0.6) is 0 Å². The molecule has 19 heavy (non-hydrogen) atoms. The maximum absolute atomic E-state index is 11.8. The van der Waals surface area contributed by atoms with E-state index in [2.05, 4.69) is 5.32 Å². The van der Waals surface area contributed by atoms with Gasteiger partial charge in [0.2, 0.25) is 0 Å². The number of carboxylic acids is 1. The molecule has 0 spiro atoms. The van der Waals surface area contributed by atoms with Crippen LogP contribution in [0.2, 0.25) is 0 Å². The molecular weight excluding hydrogens is 270 g/mol. The van der Waals surface area contributed by atoms with Crippen molar-refractivity contribution in [1.82, 2.24) is 5.32 Å². The van der Waals surface area contributed by atoms with Crippen LogP contribution in [0.4, 0.5) is 0 Å². The summed E-state index contributed by atoms with van der Waals surface area (Å²) in [6.45, 7) is 1.24. The summed E-state index contributed by atoms with van der Waals surface area (Å²) >= 11 is 0. The average Bonchev–Trinajstić information content (AvgIpc) is 2.36. The van der Waals surface area contributed by atoms with E-state index in [1.165, 1.54) is 24.3 Å². The Morgan fingerprint density at radius 2 is 2.00 bits per heavy atom. The topological polar surface area (TPSA) is 101 Å². The lowest BCUT2D eigenvalue weighted by atomic mass is 10.2. The first-order chi connectivity index (χ1) is 8.86. The van der Waals surface area contributed by atoms with E-state index in [1.807, 2.05) is 0 Å². The van der Waals surface area contributed by atoms with E-state index in [0.717, 1.165) is 0 Å². The predicted octanol–water partition coefficient (Wildman–Crippen LogP) is 0.685. The Morgan fingerprint density at radius 1 is 1.32 bits per heavy atom. The quantitative estimate of drug-likeness (QED) is 0.800. The van der Waals surface area contributed by atoms with E-state index < -0.39 is 28.3 Å². The zero-order valence-corrected chi connectivity index (χ0v) is 11.2. The van der Waals surface area contributed by atoms with Crippen LogP contribution in [-0.2, 0) is 14.6 Å². The molecule has 0 saturated heterocycles. The van der Waals surface area contributed by atoms with Gasteiger partial charge in [-0.15, -0.1) is 0 Å². The molecule has 0 aromatic heterocycles. The van der Waals surface area contributed by atoms with Crippen molar-refractivity contribution in [2.75, 3.05) is 12.3 Å². The van der Waals surface area contributed by atoms with Crippen LogP contribution in [-0.4, -0.2) is 37.7 Å². The van der Waals surface area contributed by atoms with Crippen LogP contribution in [0.15, 0.2) is 29.2 Å². The van der Waals surface area contributed by atoms with Gasteiger partial charge in [0.25, 0.3) is 5.91 Å². The molecule has 0 aliphatic carbocycles. The molecule has 0 unspecified atom stereocenters. The van der Waals surface area contributed by atoms with Gasteiger partial charge in [-0.1, -0.05) is 13.0 Å². The highest BCUT2D eigenvalue weighted by molar-refractivity contribution is 7.91. The fraction of sp³-hybridized carbons (Fsp3) is 0.333. The Balaban J connectivity index is 2.94. The number of carbonyl (C=O) groups is 2. The van der Waals surface area contributed by atoms with Gasteiger partial charge in [-0.05, 0) is 24.6 Å². The minimum Gasteiger partial charge on any atom is -0.480 e. The summed E-state index contributed by atoms with van der Waals surface area (Å²) in [7, 11) is -3.39. The number of amides is 1. The van der Waals surface area contributed by atoms with Gasteiger partial charge in [0.15, 0.2) is 9.84 Å². The van der Waals surface area contributed by atoms with Crippen LogP contribution >= 0.6 is 0 Å². The van der Waals surface area contributed by atoms with Crippen molar-refractivity contribution in [3.8, 4) is 0 Å². The monoisotopic (exact) mass is 285 g/mol. The molecule has 2 N–H and O–H groups in total. The summed E-state index contributed by atoms with van der Waals surface area (Å²) in [6, 6.07) is 5.56. The smallest absolute Gasteiger partial charge is 0.322 e. The molecule has 0 aliphatic heterocycles. The van der Waals surface area contributed by atoms with E-state index in [4.69, 9.17) is 5.11 Å². The van der Waals surface area contributed by atoms with Gasteiger partial charge in [-0.3, -0.25) is 9.59 Å². The third-order valence-corrected chi connectivity index (χ3v) is 4.25. The van der Waals surface area contributed by atoms with Crippen molar-refractivity contribution in [1.29, 1.82) is 0 Å². The predicted molar refractivity (Wildman–Crippen MR) is 68.8 cm³/mol. The fourth-order valence-corrected chi connectivity index (χ4v) is 2.84. The Morgan fingerprint density at radius 3 is 2.58 bits per heavy atom. The van der Waals surface area contributed by atoms with Crippen LogP contribution in [0, 0.1) is 0 Å². The molecule has 1 rings (SSSR count). The first-order valence-electron chi connectivity index (χ1n) is 5.69. The molecular formula is C12H15NO5S. The second-order valence-electron chi connectivity index (χ2n) is 3.92. The van der Waals surface area contributed by atoms with Crippen molar-refractivity contribution in [3.63, 3.8) is 0 Å². The summed E-state index contributed by atoms with van der Waals surface area (Å²) < 4.78 is 23.7. The Labute approximate surface area is 111 Å². The number of aliphatic carboxylic acids is 1. The average molecular weight is 285 g/mol. The zero-order chi connectivity index (χ0) is 14.5. The highest BCUT2D eigenvalue weighted by atomic mass is 32.2. The molecule has 0 saturated carbocycles. The normalized spacial score (nSPS) is 11.0. The van der Waals surface area contributed by atoms with Crippen molar-refractivity contribution in [2.45, 2.75) is 18.2 Å². The van der Waals surface area contributed by atoms with Crippen molar-refractivity contribution >= 4 is 21.7 Å². The largest absolute Gasteiger partial charge is 0.480 e. The first-order valence-corrected chi connectivity index (χ1v) is 7.35. The maximum atomic E-state index is 11.8. The van der Waals surface area contributed by atoms with Gasteiger partial charge in [-0.25, -0.2) is 8.42 Å². The van der Waals surface area contributed by atoms with Gasteiger partial charge in [0.05, 0.1) is 10.6 Å². The Kier molecular flexibility index (Phi) is 5.05. The first kappa shape index (κ1) is 15.2. The van der Waals surface area contributed by atoms with E-state index >= 15 is 0 Å². The molecule has 0 atom stereocenters. The highest BCUT2D eigenvalue weighted by Gasteiger charge is 2.15. The number of sulfone groups is 1. The molecule has 1 aromatic rings. The standard InChI is InChI=1S/C12H15NO5S/c1-2-6-19(17,18)10-5-3-4-9(7-10)12(16)13-8-11(14)15/h3-5,7H,2,6,8H2,1H3,(H,13,16)(H,14,15). The minimum atomic E-state index is -3.39. The Hall–Kier alpha value is -1.89. The Bertz CT molecular complexity index is 580. The summed E-state index contributed by atoms with van der Waals surface area (Å²) in [4.78, 5) is 22.0. The molecule has 0 aliphatic rings. The summed E-state index contributed by atoms with van der Waals surface area (Å²) in [5.41, 5.74) is 0.124. The van der Waals surface area contributed by atoms with E-state index in [9.17, 15) is 18.0 Å². The molecule has 0 radical (unpaired) electrons. The van der Waals surface area contributed by atoms with Crippen LogP contribution in [0.1, 0.15) is 23.7 Å². The maximum Gasteiger partial charge on any atom is 0.322 e. The highest BCUT2D eigenvalue weighted by Crippen LogP contribution is 2.14.